The van der Waals surface area contributed by atoms with E-state index in [0.717, 1.165) is 0 Å². The van der Waals surface area contributed by atoms with Gasteiger partial charge < -0.3 is 4.42 Å². The standard InChI is InChI=1S/C18H10Cl2O3/c19-14-5-3-6-15(20)12(14)8-9-16(21)13-10-11-4-1-2-7-17(11)23-18(13)22/h1-10H/b9-8+. The highest BCUT2D eigenvalue weighted by atomic mass is 35.5. The monoisotopic (exact) mass is 344 g/mol. The summed E-state index contributed by atoms with van der Waals surface area (Å²) in [5, 5.41) is 1.53. The van der Waals surface area contributed by atoms with Crippen molar-refractivity contribution in [3.05, 3.63) is 86.2 Å². The fourth-order valence-corrected chi connectivity index (χ4v) is 2.68. The van der Waals surface area contributed by atoms with Crippen LogP contribution in [0.3, 0.4) is 0 Å². The smallest absolute Gasteiger partial charge is 0.347 e. The summed E-state index contributed by atoms with van der Waals surface area (Å²) >= 11 is 12.1. The van der Waals surface area contributed by atoms with Gasteiger partial charge in [0.1, 0.15) is 11.1 Å². The summed E-state index contributed by atoms with van der Waals surface area (Å²) in [6.45, 7) is 0. The molecule has 0 bridgehead atoms. The predicted octanol–water partition coefficient (Wildman–Crippen LogP) is 5.00. The van der Waals surface area contributed by atoms with Crippen LogP contribution in [-0.2, 0) is 0 Å². The van der Waals surface area contributed by atoms with Crippen molar-refractivity contribution in [1.29, 1.82) is 0 Å². The molecule has 0 saturated heterocycles. The average molecular weight is 345 g/mol. The number of carbonyl (C=O) groups excluding carboxylic acids is 1. The molecule has 0 unspecified atom stereocenters. The van der Waals surface area contributed by atoms with Crippen molar-refractivity contribution in [2.24, 2.45) is 0 Å². The molecule has 0 radical (unpaired) electrons. The molecule has 0 amide bonds. The van der Waals surface area contributed by atoms with Gasteiger partial charge in [-0.2, -0.15) is 0 Å². The van der Waals surface area contributed by atoms with E-state index in [1.54, 1.807) is 42.5 Å². The van der Waals surface area contributed by atoms with Gasteiger partial charge in [-0.05, 0) is 36.4 Å². The molecular formula is C18H10Cl2O3. The number of halogens is 2. The van der Waals surface area contributed by atoms with Gasteiger partial charge in [0.2, 0.25) is 0 Å². The Labute approximate surface area is 141 Å². The van der Waals surface area contributed by atoms with Crippen molar-refractivity contribution in [1.82, 2.24) is 0 Å². The molecule has 0 N–H and O–H groups in total. The van der Waals surface area contributed by atoms with Gasteiger partial charge >= 0.3 is 5.63 Å². The van der Waals surface area contributed by atoms with Gasteiger partial charge in [-0.15, -0.1) is 0 Å². The molecule has 0 saturated carbocycles. The minimum Gasteiger partial charge on any atom is -0.422 e. The lowest BCUT2D eigenvalue weighted by Crippen LogP contribution is -2.11. The molecule has 0 aliphatic carbocycles. The van der Waals surface area contributed by atoms with Crippen LogP contribution in [0.1, 0.15) is 15.9 Å². The lowest BCUT2D eigenvalue weighted by molar-refractivity contribution is 0.104. The molecule has 0 aliphatic rings. The van der Waals surface area contributed by atoms with Gasteiger partial charge in [-0.3, -0.25) is 4.79 Å². The molecule has 0 atom stereocenters. The van der Waals surface area contributed by atoms with Gasteiger partial charge in [0.25, 0.3) is 0 Å². The van der Waals surface area contributed by atoms with Crippen molar-refractivity contribution < 1.29 is 9.21 Å². The number of hydrogen-bond donors (Lipinski definition) is 0. The second kappa shape index (κ2) is 6.41. The number of allylic oxidation sites excluding steroid dienone is 1. The van der Waals surface area contributed by atoms with Crippen molar-refractivity contribution >= 4 is 46.0 Å². The average Bonchev–Trinajstić information content (AvgIpc) is 2.53. The number of benzene rings is 2. The van der Waals surface area contributed by atoms with Crippen molar-refractivity contribution in [2.45, 2.75) is 0 Å². The Morgan fingerprint density at radius 2 is 1.70 bits per heavy atom. The van der Waals surface area contributed by atoms with Gasteiger partial charge in [0, 0.05) is 21.0 Å². The molecule has 114 valence electrons. The van der Waals surface area contributed by atoms with Crippen LogP contribution < -0.4 is 5.63 Å². The Morgan fingerprint density at radius 1 is 1.00 bits per heavy atom. The fourth-order valence-electron chi connectivity index (χ4n) is 2.15. The summed E-state index contributed by atoms with van der Waals surface area (Å²) in [5.74, 6) is -0.472. The zero-order valence-electron chi connectivity index (χ0n) is 11.8. The second-order valence-corrected chi connectivity index (χ2v) is 5.63. The minimum atomic E-state index is -0.677. The maximum atomic E-state index is 12.3. The van der Waals surface area contributed by atoms with E-state index in [-0.39, 0.29) is 5.56 Å². The van der Waals surface area contributed by atoms with Gasteiger partial charge in [-0.1, -0.05) is 47.5 Å². The second-order valence-electron chi connectivity index (χ2n) is 4.82. The largest absolute Gasteiger partial charge is 0.422 e. The molecule has 3 aromatic rings. The molecule has 3 nitrogen and oxygen atoms in total. The molecule has 0 aliphatic heterocycles. The topological polar surface area (TPSA) is 47.3 Å². The van der Waals surface area contributed by atoms with Crippen LogP contribution in [0, 0.1) is 0 Å². The van der Waals surface area contributed by atoms with E-state index in [2.05, 4.69) is 0 Å². The first-order valence-electron chi connectivity index (χ1n) is 6.75. The third-order valence-corrected chi connectivity index (χ3v) is 3.97. The molecule has 3 rings (SSSR count). The van der Waals surface area contributed by atoms with E-state index in [1.807, 2.05) is 0 Å². The lowest BCUT2D eigenvalue weighted by Gasteiger charge is -2.01. The van der Waals surface area contributed by atoms with E-state index in [0.29, 0.717) is 26.6 Å². The Bertz CT molecular complexity index is 967. The zero-order chi connectivity index (χ0) is 16.4. The first kappa shape index (κ1) is 15.5. The molecule has 0 fully saturated rings. The quantitative estimate of drug-likeness (QED) is 0.381. The Kier molecular flexibility index (Phi) is 4.33. The minimum absolute atomic E-state index is 0.0388. The highest BCUT2D eigenvalue weighted by Crippen LogP contribution is 2.25. The summed E-state index contributed by atoms with van der Waals surface area (Å²) in [4.78, 5) is 24.2. The number of fused-ring (bicyclic) bond motifs is 1. The Morgan fingerprint density at radius 3 is 2.43 bits per heavy atom. The van der Waals surface area contributed by atoms with E-state index < -0.39 is 11.4 Å². The van der Waals surface area contributed by atoms with Gasteiger partial charge in [0.05, 0.1) is 0 Å². The first-order chi connectivity index (χ1) is 11.1. The maximum absolute atomic E-state index is 12.3. The number of hydrogen-bond acceptors (Lipinski definition) is 3. The van der Waals surface area contributed by atoms with E-state index in [9.17, 15) is 9.59 Å². The van der Waals surface area contributed by atoms with Crippen LogP contribution >= 0.6 is 23.2 Å². The van der Waals surface area contributed by atoms with Crippen LogP contribution in [0.25, 0.3) is 17.0 Å². The van der Waals surface area contributed by atoms with E-state index in [1.165, 1.54) is 18.2 Å². The van der Waals surface area contributed by atoms with Crippen molar-refractivity contribution in [2.75, 3.05) is 0 Å². The van der Waals surface area contributed by atoms with Crippen LogP contribution in [0.15, 0.2) is 63.8 Å². The van der Waals surface area contributed by atoms with Crippen molar-refractivity contribution in [3.63, 3.8) is 0 Å². The number of ketones is 1. The normalized spacial score (nSPS) is 11.2. The molecule has 0 spiro atoms. The molecule has 2 aromatic carbocycles. The summed E-state index contributed by atoms with van der Waals surface area (Å²) in [6, 6.07) is 13.6. The number of rotatable bonds is 3. The SMILES string of the molecule is O=C(/C=C/c1c(Cl)cccc1Cl)c1cc2ccccc2oc1=O. The Hall–Kier alpha value is -2.36. The zero-order valence-corrected chi connectivity index (χ0v) is 13.3. The molecule has 5 heteroatoms. The van der Waals surface area contributed by atoms with Crippen LogP contribution in [0.2, 0.25) is 10.0 Å². The van der Waals surface area contributed by atoms with Crippen LogP contribution in [0.5, 0.6) is 0 Å². The lowest BCUT2D eigenvalue weighted by atomic mass is 10.1. The molecular weight excluding hydrogens is 335 g/mol. The summed E-state index contributed by atoms with van der Waals surface area (Å²) in [7, 11) is 0. The van der Waals surface area contributed by atoms with Gasteiger partial charge in [0.15, 0.2) is 5.78 Å². The number of carbonyl (C=O) groups is 1. The van der Waals surface area contributed by atoms with E-state index >= 15 is 0 Å². The predicted molar refractivity (Wildman–Crippen MR) is 92.3 cm³/mol. The van der Waals surface area contributed by atoms with Crippen molar-refractivity contribution in [3.8, 4) is 0 Å². The number of para-hydroxylation sites is 1. The Balaban J connectivity index is 1.99. The van der Waals surface area contributed by atoms with Crippen LogP contribution in [-0.4, -0.2) is 5.78 Å². The van der Waals surface area contributed by atoms with E-state index in [4.69, 9.17) is 27.6 Å². The molecule has 23 heavy (non-hydrogen) atoms. The summed E-state index contributed by atoms with van der Waals surface area (Å²) in [6.07, 6.45) is 2.75. The molecule has 1 aromatic heterocycles. The molecule has 1 heterocycles. The highest BCUT2D eigenvalue weighted by molar-refractivity contribution is 6.37. The summed E-state index contributed by atoms with van der Waals surface area (Å²) in [5.41, 5.74) is 0.244. The van der Waals surface area contributed by atoms with Gasteiger partial charge in [-0.25, -0.2) is 4.79 Å². The highest BCUT2D eigenvalue weighted by Gasteiger charge is 2.11. The third-order valence-electron chi connectivity index (χ3n) is 3.31. The fraction of sp³-hybridized carbons (Fsp3) is 0. The first-order valence-corrected chi connectivity index (χ1v) is 7.51. The third kappa shape index (κ3) is 3.21. The van der Waals surface area contributed by atoms with Crippen LogP contribution in [0.4, 0.5) is 0 Å². The maximum Gasteiger partial charge on any atom is 0.347 e. The summed E-state index contributed by atoms with van der Waals surface area (Å²) < 4.78 is 5.15.